The Morgan fingerprint density at radius 2 is 2.20 bits per heavy atom. The molecule has 0 atom stereocenters. The molecule has 0 unspecified atom stereocenters. The summed E-state index contributed by atoms with van der Waals surface area (Å²) in [6, 6.07) is 3.83. The average Bonchev–Trinajstić information content (AvgIpc) is 2.41. The van der Waals surface area contributed by atoms with E-state index in [0.717, 1.165) is 12.0 Å². The molecule has 0 radical (unpaired) electrons. The fraction of sp³-hybridized carbons (Fsp3) is 0.600. The van der Waals surface area contributed by atoms with E-state index in [4.69, 9.17) is 10.5 Å². The summed E-state index contributed by atoms with van der Waals surface area (Å²) < 4.78 is 5.55. The second-order valence-electron chi connectivity index (χ2n) is 5.72. The van der Waals surface area contributed by atoms with Crippen molar-refractivity contribution in [3.05, 3.63) is 30.1 Å². The number of hydrogen-bond donors (Lipinski definition) is 1. The first-order valence-electron chi connectivity index (χ1n) is 6.93. The number of carbonyl (C=O) groups is 1. The van der Waals surface area contributed by atoms with Crippen molar-refractivity contribution >= 4 is 5.91 Å². The van der Waals surface area contributed by atoms with Gasteiger partial charge in [0.15, 0.2) is 0 Å². The lowest BCUT2D eigenvalue weighted by Crippen LogP contribution is -2.37. The van der Waals surface area contributed by atoms with E-state index in [2.05, 4.69) is 4.98 Å². The summed E-state index contributed by atoms with van der Waals surface area (Å²) in [5, 5.41) is 0. The molecule has 1 rings (SSSR count). The summed E-state index contributed by atoms with van der Waals surface area (Å²) in [5.74, 6) is -0.0165. The Morgan fingerprint density at radius 1 is 1.45 bits per heavy atom. The fourth-order valence-corrected chi connectivity index (χ4v) is 1.66. The van der Waals surface area contributed by atoms with Crippen molar-refractivity contribution < 1.29 is 9.53 Å². The number of ether oxygens (including phenoxy) is 1. The Kier molecular flexibility index (Phi) is 6.61. The zero-order chi connectivity index (χ0) is 15.0. The first-order chi connectivity index (χ1) is 9.42. The molecule has 1 heterocycles. The minimum Gasteiger partial charge on any atom is -0.366 e. The van der Waals surface area contributed by atoms with Crippen molar-refractivity contribution in [2.24, 2.45) is 5.73 Å². The Balaban J connectivity index is 2.61. The molecule has 20 heavy (non-hydrogen) atoms. The molecule has 1 amide bonds. The summed E-state index contributed by atoms with van der Waals surface area (Å²) in [4.78, 5) is 18.1. The topological polar surface area (TPSA) is 68.5 Å². The lowest BCUT2D eigenvalue weighted by Gasteiger charge is -2.25. The van der Waals surface area contributed by atoms with Gasteiger partial charge in [0, 0.05) is 25.5 Å². The number of nitrogens with two attached hydrogens (primary N) is 1. The van der Waals surface area contributed by atoms with E-state index < -0.39 is 0 Å². The van der Waals surface area contributed by atoms with Gasteiger partial charge < -0.3 is 15.4 Å². The lowest BCUT2D eigenvalue weighted by atomic mass is 10.2. The van der Waals surface area contributed by atoms with Crippen LogP contribution in [0.25, 0.3) is 0 Å². The standard InChI is InChI=1S/C15H25N3O2/c1-15(2,3)20-12-14(19)18(9-5-7-16)11-13-6-4-8-17-10-13/h4,6,8,10H,5,7,9,11-12,16H2,1-3H3. The molecule has 2 N–H and O–H groups in total. The predicted molar refractivity (Wildman–Crippen MR) is 79.0 cm³/mol. The highest BCUT2D eigenvalue weighted by molar-refractivity contribution is 5.77. The van der Waals surface area contributed by atoms with Crippen LogP contribution in [0.4, 0.5) is 0 Å². The molecule has 0 bridgehead atoms. The minimum atomic E-state index is -0.316. The van der Waals surface area contributed by atoms with Crippen LogP contribution in [0.5, 0.6) is 0 Å². The van der Waals surface area contributed by atoms with Crippen molar-refractivity contribution in [3.63, 3.8) is 0 Å². The maximum atomic E-state index is 12.2. The van der Waals surface area contributed by atoms with Crippen molar-refractivity contribution in [1.29, 1.82) is 0 Å². The quantitative estimate of drug-likeness (QED) is 0.822. The number of carbonyl (C=O) groups excluding carboxylic acids is 1. The third kappa shape index (κ3) is 6.63. The molecular formula is C15H25N3O2. The third-order valence-electron chi connectivity index (χ3n) is 2.71. The van der Waals surface area contributed by atoms with Gasteiger partial charge in [0.2, 0.25) is 5.91 Å². The molecule has 1 aromatic heterocycles. The van der Waals surface area contributed by atoms with E-state index in [0.29, 0.717) is 19.6 Å². The second-order valence-corrected chi connectivity index (χ2v) is 5.72. The number of amides is 1. The number of pyridine rings is 1. The highest BCUT2D eigenvalue weighted by Crippen LogP contribution is 2.09. The monoisotopic (exact) mass is 279 g/mol. The predicted octanol–water partition coefficient (Wildman–Crippen LogP) is 1.57. The fourth-order valence-electron chi connectivity index (χ4n) is 1.66. The minimum absolute atomic E-state index is 0.0165. The molecule has 0 aromatic carbocycles. The van der Waals surface area contributed by atoms with E-state index in [1.165, 1.54) is 0 Å². The van der Waals surface area contributed by atoms with Crippen LogP contribution in [0, 0.1) is 0 Å². The molecule has 5 heteroatoms. The molecular weight excluding hydrogens is 254 g/mol. The molecule has 0 aliphatic carbocycles. The number of aromatic nitrogens is 1. The zero-order valence-corrected chi connectivity index (χ0v) is 12.6. The van der Waals surface area contributed by atoms with E-state index in [9.17, 15) is 4.79 Å². The molecule has 0 fully saturated rings. The van der Waals surface area contributed by atoms with Crippen LogP contribution >= 0.6 is 0 Å². The molecule has 0 aliphatic rings. The summed E-state index contributed by atoms with van der Waals surface area (Å²) in [6.07, 6.45) is 4.27. The Labute approximate surface area is 121 Å². The van der Waals surface area contributed by atoms with E-state index in [1.807, 2.05) is 32.9 Å². The zero-order valence-electron chi connectivity index (χ0n) is 12.6. The van der Waals surface area contributed by atoms with Crippen molar-refractivity contribution in [3.8, 4) is 0 Å². The SMILES string of the molecule is CC(C)(C)OCC(=O)N(CCCN)Cc1cccnc1. The second kappa shape index (κ2) is 7.97. The smallest absolute Gasteiger partial charge is 0.248 e. The van der Waals surface area contributed by atoms with Crippen LogP contribution in [0.3, 0.4) is 0 Å². The van der Waals surface area contributed by atoms with Gasteiger partial charge in [0.25, 0.3) is 0 Å². The van der Waals surface area contributed by atoms with Gasteiger partial charge in [-0.3, -0.25) is 9.78 Å². The number of nitrogens with zero attached hydrogens (tertiary/aromatic N) is 2. The van der Waals surface area contributed by atoms with Gasteiger partial charge in [0.1, 0.15) is 6.61 Å². The van der Waals surface area contributed by atoms with Gasteiger partial charge in [-0.15, -0.1) is 0 Å². The van der Waals surface area contributed by atoms with E-state index >= 15 is 0 Å². The normalized spacial score (nSPS) is 11.4. The molecule has 5 nitrogen and oxygen atoms in total. The highest BCUT2D eigenvalue weighted by atomic mass is 16.5. The van der Waals surface area contributed by atoms with E-state index in [1.54, 1.807) is 17.3 Å². The van der Waals surface area contributed by atoms with Crippen molar-refractivity contribution in [1.82, 2.24) is 9.88 Å². The summed E-state index contributed by atoms with van der Waals surface area (Å²) in [5.41, 5.74) is 6.22. The maximum absolute atomic E-state index is 12.2. The lowest BCUT2D eigenvalue weighted by molar-refractivity contribution is -0.141. The maximum Gasteiger partial charge on any atom is 0.248 e. The first kappa shape index (κ1) is 16.6. The number of hydrogen-bond acceptors (Lipinski definition) is 4. The van der Waals surface area contributed by atoms with Gasteiger partial charge >= 0.3 is 0 Å². The number of rotatable bonds is 7. The highest BCUT2D eigenvalue weighted by Gasteiger charge is 2.18. The Morgan fingerprint density at radius 3 is 2.75 bits per heavy atom. The van der Waals surface area contributed by atoms with Crippen LogP contribution in [-0.4, -0.2) is 41.1 Å². The molecule has 0 saturated carbocycles. The molecule has 1 aromatic rings. The van der Waals surface area contributed by atoms with Crippen LogP contribution < -0.4 is 5.73 Å². The van der Waals surface area contributed by atoms with Crippen LogP contribution in [-0.2, 0) is 16.1 Å². The van der Waals surface area contributed by atoms with Crippen molar-refractivity contribution in [2.75, 3.05) is 19.7 Å². The Bertz CT molecular complexity index is 401. The third-order valence-corrected chi connectivity index (χ3v) is 2.71. The van der Waals surface area contributed by atoms with Crippen LogP contribution in [0.15, 0.2) is 24.5 Å². The Hall–Kier alpha value is -1.46. The molecule has 0 aliphatic heterocycles. The van der Waals surface area contributed by atoms with Crippen LogP contribution in [0.1, 0.15) is 32.8 Å². The van der Waals surface area contributed by atoms with Gasteiger partial charge in [-0.25, -0.2) is 0 Å². The van der Waals surface area contributed by atoms with Gasteiger partial charge in [0.05, 0.1) is 5.60 Å². The summed E-state index contributed by atoms with van der Waals surface area (Å²) in [6.45, 7) is 7.64. The molecule has 112 valence electrons. The largest absolute Gasteiger partial charge is 0.366 e. The van der Waals surface area contributed by atoms with E-state index in [-0.39, 0.29) is 18.1 Å². The average molecular weight is 279 g/mol. The first-order valence-corrected chi connectivity index (χ1v) is 6.93. The summed E-state index contributed by atoms with van der Waals surface area (Å²) >= 11 is 0. The summed E-state index contributed by atoms with van der Waals surface area (Å²) in [7, 11) is 0. The van der Waals surface area contributed by atoms with Crippen molar-refractivity contribution in [2.45, 2.75) is 39.3 Å². The molecule has 0 saturated heterocycles. The van der Waals surface area contributed by atoms with Gasteiger partial charge in [-0.2, -0.15) is 0 Å². The van der Waals surface area contributed by atoms with Crippen LogP contribution in [0.2, 0.25) is 0 Å². The molecule has 0 spiro atoms. The van der Waals surface area contributed by atoms with Gasteiger partial charge in [-0.1, -0.05) is 6.07 Å². The van der Waals surface area contributed by atoms with Gasteiger partial charge in [-0.05, 0) is 45.4 Å².